The van der Waals surface area contributed by atoms with Gasteiger partial charge in [-0.3, -0.25) is 0 Å². The maximum atomic E-state index is 10.9. The molecule has 0 amide bonds. The molecular weight excluding hydrogens is 384 g/mol. The molecule has 0 aromatic heterocycles. The molecule has 1 heterocycles. The van der Waals surface area contributed by atoms with E-state index >= 15 is 0 Å². The Bertz CT molecular complexity index is 694. The van der Waals surface area contributed by atoms with Crippen LogP contribution >= 0.6 is 0 Å². The van der Waals surface area contributed by atoms with Gasteiger partial charge in [-0.2, -0.15) is 0 Å². The Balaban J connectivity index is 1.27. The Hall–Kier alpha value is -0.380. The zero-order chi connectivity index (χ0) is 21.9. The van der Waals surface area contributed by atoms with Gasteiger partial charge in [0.25, 0.3) is 0 Å². The van der Waals surface area contributed by atoms with Crippen molar-refractivity contribution in [3.05, 3.63) is 11.6 Å². The Morgan fingerprint density at radius 2 is 1.90 bits per heavy atom. The monoisotopic (exact) mass is 430 g/mol. The van der Waals surface area contributed by atoms with E-state index in [0.29, 0.717) is 17.9 Å². The third-order valence-electron chi connectivity index (χ3n) is 11.2. The van der Waals surface area contributed by atoms with E-state index in [-0.39, 0.29) is 0 Å². The molecule has 0 spiro atoms. The van der Waals surface area contributed by atoms with Crippen LogP contribution in [0.25, 0.3) is 0 Å². The lowest BCUT2D eigenvalue weighted by Gasteiger charge is -2.55. The molecule has 176 valence electrons. The number of allylic oxidation sites excluding steroid dienone is 1. The predicted molar refractivity (Wildman–Crippen MR) is 125 cm³/mol. The quantitative estimate of drug-likeness (QED) is 0.535. The molecule has 3 saturated carbocycles. The van der Waals surface area contributed by atoms with E-state index in [0.717, 1.165) is 74.7 Å². The minimum atomic E-state index is -0.559. The van der Waals surface area contributed by atoms with E-state index in [1.165, 1.54) is 38.5 Å². The SMILES string of the molecule is CC[C@]1(O)CC[C@H]2C(=CC[C@@H]3[C@@H]2CC[C@]2(C)[C@@H]([C@H](C)CCC4(O)CCOC4)CC[C@@H]32)C1. The van der Waals surface area contributed by atoms with Crippen LogP contribution in [0, 0.1) is 40.9 Å². The van der Waals surface area contributed by atoms with Crippen molar-refractivity contribution >= 4 is 0 Å². The summed E-state index contributed by atoms with van der Waals surface area (Å²) in [5, 5.41) is 21.6. The van der Waals surface area contributed by atoms with Crippen molar-refractivity contribution in [1.29, 1.82) is 0 Å². The molecule has 1 aliphatic heterocycles. The van der Waals surface area contributed by atoms with E-state index in [4.69, 9.17) is 4.74 Å². The second kappa shape index (κ2) is 8.13. The number of fused-ring (bicyclic) bond motifs is 5. The Labute approximate surface area is 190 Å². The smallest absolute Gasteiger partial charge is 0.0902 e. The van der Waals surface area contributed by atoms with Crippen LogP contribution in [-0.2, 0) is 4.74 Å². The van der Waals surface area contributed by atoms with Crippen LogP contribution in [0.15, 0.2) is 11.6 Å². The molecule has 5 rings (SSSR count). The van der Waals surface area contributed by atoms with Gasteiger partial charge in [0.05, 0.1) is 17.8 Å². The summed E-state index contributed by atoms with van der Waals surface area (Å²) in [4.78, 5) is 0. The van der Waals surface area contributed by atoms with E-state index in [1.807, 2.05) is 0 Å². The second-order valence-electron chi connectivity index (χ2n) is 12.6. The summed E-state index contributed by atoms with van der Waals surface area (Å²) in [5.41, 5.74) is 1.10. The van der Waals surface area contributed by atoms with Crippen LogP contribution in [0.1, 0.15) is 97.8 Å². The molecule has 3 heteroatoms. The Morgan fingerprint density at radius 1 is 1.06 bits per heavy atom. The van der Waals surface area contributed by atoms with Crippen molar-refractivity contribution in [2.45, 2.75) is 109 Å². The van der Waals surface area contributed by atoms with Gasteiger partial charge in [0, 0.05) is 13.0 Å². The molecule has 1 saturated heterocycles. The summed E-state index contributed by atoms with van der Waals surface area (Å²) in [6.45, 7) is 8.51. The summed E-state index contributed by atoms with van der Waals surface area (Å²) >= 11 is 0. The lowest BCUT2D eigenvalue weighted by Crippen LogP contribution is -2.48. The minimum Gasteiger partial charge on any atom is -0.390 e. The van der Waals surface area contributed by atoms with Gasteiger partial charge in [0.15, 0.2) is 0 Å². The molecule has 9 atom stereocenters. The number of hydrogen-bond donors (Lipinski definition) is 2. The fourth-order valence-electron chi connectivity index (χ4n) is 9.13. The number of aliphatic hydroxyl groups is 2. The Kier molecular flexibility index (Phi) is 5.88. The first-order valence-corrected chi connectivity index (χ1v) is 13.5. The topological polar surface area (TPSA) is 49.7 Å². The first-order chi connectivity index (χ1) is 14.8. The maximum Gasteiger partial charge on any atom is 0.0902 e. The van der Waals surface area contributed by atoms with Gasteiger partial charge in [-0.25, -0.2) is 0 Å². The van der Waals surface area contributed by atoms with Crippen LogP contribution in [0.2, 0.25) is 0 Å². The largest absolute Gasteiger partial charge is 0.390 e. The Morgan fingerprint density at radius 3 is 2.65 bits per heavy atom. The predicted octanol–water partition coefficient (Wildman–Crippen LogP) is 5.88. The standard InChI is InChI=1S/C28H46O3/c1-4-27(29)14-11-21-20(17-27)5-6-23-22(21)10-12-26(3)24(7-8-25(23)26)19(2)9-13-28(30)15-16-31-18-28/h5,19,21-25,29-30H,4,6-18H2,1-3H3/t19-,21+,22-,23-,24-,25+,26-,27+,28?/m1/s1. The van der Waals surface area contributed by atoms with E-state index in [1.54, 1.807) is 5.57 Å². The molecule has 2 N–H and O–H groups in total. The molecular formula is C28H46O3. The molecule has 3 nitrogen and oxygen atoms in total. The molecule has 31 heavy (non-hydrogen) atoms. The van der Waals surface area contributed by atoms with Gasteiger partial charge in [-0.1, -0.05) is 32.4 Å². The van der Waals surface area contributed by atoms with Gasteiger partial charge < -0.3 is 14.9 Å². The van der Waals surface area contributed by atoms with Gasteiger partial charge in [0.2, 0.25) is 0 Å². The van der Waals surface area contributed by atoms with E-state index in [2.05, 4.69) is 26.8 Å². The molecule has 0 aromatic carbocycles. The average molecular weight is 431 g/mol. The summed E-state index contributed by atoms with van der Waals surface area (Å²) in [7, 11) is 0. The number of rotatable bonds is 5. The molecule has 5 aliphatic rings. The average Bonchev–Trinajstić information content (AvgIpc) is 3.35. The highest BCUT2D eigenvalue weighted by atomic mass is 16.5. The highest BCUT2D eigenvalue weighted by Crippen LogP contribution is 2.65. The first-order valence-electron chi connectivity index (χ1n) is 13.5. The van der Waals surface area contributed by atoms with Crippen LogP contribution in [0.4, 0.5) is 0 Å². The summed E-state index contributed by atoms with van der Waals surface area (Å²) in [5.74, 6) is 4.87. The normalized spacial score (nSPS) is 50.4. The zero-order valence-corrected chi connectivity index (χ0v) is 20.2. The molecule has 0 bridgehead atoms. The first kappa shape index (κ1) is 22.4. The van der Waals surface area contributed by atoms with Crippen LogP contribution in [0.3, 0.4) is 0 Å². The van der Waals surface area contributed by atoms with E-state index in [9.17, 15) is 10.2 Å². The zero-order valence-electron chi connectivity index (χ0n) is 20.2. The highest BCUT2D eigenvalue weighted by molar-refractivity contribution is 5.22. The molecule has 4 aliphatic carbocycles. The third kappa shape index (κ3) is 3.85. The van der Waals surface area contributed by atoms with Crippen molar-refractivity contribution in [2.24, 2.45) is 40.9 Å². The van der Waals surface area contributed by atoms with Crippen LogP contribution in [-0.4, -0.2) is 34.6 Å². The fraction of sp³-hybridized carbons (Fsp3) is 0.929. The minimum absolute atomic E-state index is 0.430. The molecule has 4 fully saturated rings. The molecule has 1 unspecified atom stereocenters. The van der Waals surface area contributed by atoms with Crippen molar-refractivity contribution in [3.8, 4) is 0 Å². The summed E-state index contributed by atoms with van der Waals surface area (Å²) < 4.78 is 5.47. The maximum absolute atomic E-state index is 10.9. The van der Waals surface area contributed by atoms with Crippen molar-refractivity contribution < 1.29 is 14.9 Å². The van der Waals surface area contributed by atoms with Crippen molar-refractivity contribution in [3.63, 3.8) is 0 Å². The highest BCUT2D eigenvalue weighted by Gasteiger charge is 2.57. The van der Waals surface area contributed by atoms with Gasteiger partial charge >= 0.3 is 0 Å². The summed E-state index contributed by atoms with van der Waals surface area (Å²) in [6.07, 6.45) is 16.3. The van der Waals surface area contributed by atoms with Gasteiger partial charge in [-0.15, -0.1) is 0 Å². The molecule has 0 radical (unpaired) electrons. The van der Waals surface area contributed by atoms with Crippen molar-refractivity contribution in [1.82, 2.24) is 0 Å². The fourth-order valence-corrected chi connectivity index (χ4v) is 9.13. The lowest BCUT2D eigenvalue weighted by atomic mass is 9.50. The van der Waals surface area contributed by atoms with Gasteiger partial charge in [-0.05, 0) is 112 Å². The summed E-state index contributed by atoms with van der Waals surface area (Å²) in [6, 6.07) is 0. The number of hydrogen-bond acceptors (Lipinski definition) is 3. The molecule has 0 aromatic rings. The van der Waals surface area contributed by atoms with Crippen LogP contribution in [0.5, 0.6) is 0 Å². The van der Waals surface area contributed by atoms with Crippen LogP contribution < -0.4 is 0 Å². The third-order valence-corrected chi connectivity index (χ3v) is 11.2. The van der Waals surface area contributed by atoms with Crippen molar-refractivity contribution in [2.75, 3.05) is 13.2 Å². The lowest BCUT2D eigenvalue weighted by molar-refractivity contribution is -0.0481. The second-order valence-corrected chi connectivity index (χ2v) is 12.6. The van der Waals surface area contributed by atoms with Gasteiger partial charge in [0.1, 0.15) is 0 Å². The number of ether oxygens (including phenoxy) is 1. The van der Waals surface area contributed by atoms with E-state index < -0.39 is 11.2 Å².